The lowest BCUT2D eigenvalue weighted by atomic mass is 9.83. The third-order valence-corrected chi connectivity index (χ3v) is 14.0. The Kier molecular flexibility index (Phi) is 9.95. The number of hydrogen-bond donors (Lipinski definition) is 0. The van der Waals surface area contributed by atoms with Crippen molar-refractivity contribution in [1.29, 1.82) is 0 Å². The summed E-state index contributed by atoms with van der Waals surface area (Å²) < 4.78 is 9.20. The highest BCUT2D eigenvalue weighted by Crippen LogP contribution is 2.43. The summed E-state index contributed by atoms with van der Waals surface area (Å²) in [5, 5.41) is 4.74. The van der Waals surface area contributed by atoms with E-state index in [2.05, 4.69) is 271 Å². The molecule has 0 saturated carbocycles. The maximum atomic E-state index is 6.82. The minimum absolute atomic E-state index is 0.0824. The van der Waals surface area contributed by atoms with Gasteiger partial charge in [-0.05, 0) is 103 Å². The minimum atomic E-state index is 0.0824. The Balaban J connectivity index is 0.837. The van der Waals surface area contributed by atoms with E-state index >= 15 is 0 Å². The standard InChI is InChI=1S/C67H45NO/c1-4-16-45(17-5-1)46-34-38-50(39-35-46)65(49-18-6-2-7-19-49)55-23-13-21-52(43-55)51-20-12-22-54(42-51)57-27-15-31-64-66(57)61-29-14-28-58(67(61)69-64)48-36-32-47(33-37-48)53-40-41-60-59-26-10-11-30-62(59)68(63(60)44-53)56-24-8-3-9-25-56/h1-44,65H. The second kappa shape index (κ2) is 17.0. The Morgan fingerprint density at radius 3 is 1.61 bits per heavy atom. The minimum Gasteiger partial charge on any atom is -0.455 e. The maximum Gasteiger partial charge on any atom is 0.143 e. The van der Waals surface area contributed by atoms with E-state index in [4.69, 9.17) is 4.42 Å². The molecule has 0 amide bonds. The van der Waals surface area contributed by atoms with Gasteiger partial charge in [-0.2, -0.15) is 0 Å². The Bertz CT molecular complexity index is 3980. The van der Waals surface area contributed by atoms with Crippen molar-refractivity contribution in [3.8, 4) is 61.3 Å². The summed E-state index contributed by atoms with van der Waals surface area (Å²) in [6.07, 6.45) is 0. The molecule has 11 aromatic carbocycles. The Labute approximate surface area is 401 Å². The molecule has 0 aliphatic rings. The van der Waals surface area contributed by atoms with E-state index in [9.17, 15) is 0 Å². The summed E-state index contributed by atoms with van der Waals surface area (Å²) in [6.45, 7) is 0. The highest BCUT2D eigenvalue weighted by atomic mass is 16.3. The number of para-hydroxylation sites is 3. The molecule has 0 fully saturated rings. The van der Waals surface area contributed by atoms with E-state index in [0.717, 1.165) is 49.9 Å². The second-order valence-electron chi connectivity index (χ2n) is 18.0. The molecule has 1 atom stereocenters. The lowest BCUT2D eigenvalue weighted by Gasteiger charge is -2.20. The van der Waals surface area contributed by atoms with E-state index in [1.165, 1.54) is 71.9 Å². The predicted octanol–water partition coefficient (Wildman–Crippen LogP) is 18.2. The highest BCUT2D eigenvalue weighted by Gasteiger charge is 2.20. The summed E-state index contributed by atoms with van der Waals surface area (Å²) in [4.78, 5) is 0. The van der Waals surface area contributed by atoms with Crippen LogP contribution in [0.2, 0.25) is 0 Å². The third-order valence-electron chi connectivity index (χ3n) is 14.0. The van der Waals surface area contributed by atoms with Crippen LogP contribution in [0.3, 0.4) is 0 Å². The molecule has 324 valence electrons. The number of benzene rings is 11. The molecule has 0 radical (unpaired) electrons. The first-order valence-corrected chi connectivity index (χ1v) is 23.8. The molecule has 0 bridgehead atoms. The van der Waals surface area contributed by atoms with Gasteiger partial charge in [0.15, 0.2) is 0 Å². The van der Waals surface area contributed by atoms with Crippen molar-refractivity contribution in [3.63, 3.8) is 0 Å². The first-order valence-electron chi connectivity index (χ1n) is 23.8. The summed E-state index contributed by atoms with van der Waals surface area (Å²) in [5.41, 5.74) is 20.8. The SMILES string of the molecule is c1ccc(-c2ccc(C(c3ccccc3)c3cccc(-c4cccc(-c5cccc6oc7c(-c8ccc(-c9ccc%10c%11ccccc%11n(-c%11ccccc%11)c%10c9)cc8)cccc7c56)c4)c3)cc2)cc1. The van der Waals surface area contributed by atoms with Crippen molar-refractivity contribution in [2.75, 3.05) is 0 Å². The number of fused-ring (bicyclic) bond motifs is 6. The van der Waals surface area contributed by atoms with Crippen molar-refractivity contribution in [2.24, 2.45) is 0 Å². The van der Waals surface area contributed by atoms with Crippen LogP contribution in [0, 0.1) is 0 Å². The van der Waals surface area contributed by atoms with Gasteiger partial charge < -0.3 is 8.98 Å². The Morgan fingerprint density at radius 2 is 0.797 bits per heavy atom. The summed E-state index contributed by atoms with van der Waals surface area (Å²) in [6, 6.07) is 96.7. The molecule has 69 heavy (non-hydrogen) atoms. The van der Waals surface area contributed by atoms with Crippen LogP contribution in [0.15, 0.2) is 271 Å². The molecule has 2 heteroatoms. The average molecular weight is 880 g/mol. The van der Waals surface area contributed by atoms with Gasteiger partial charge in [0.25, 0.3) is 0 Å². The van der Waals surface area contributed by atoms with Crippen molar-refractivity contribution in [3.05, 3.63) is 284 Å². The summed E-state index contributed by atoms with van der Waals surface area (Å²) >= 11 is 0. The highest BCUT2D eigenvalue weighted by molar-refractivity contribution is 6.15. The molecule has 2 nitrogen and oxygen atoms in total. The Hall–Kier alpha value is -8.98. The first-order chi connectivity index (χ1) is 34.2. The van der Waals surface area contributed by atoms with Gasteiger partial charge in [-0.15, -0.1) is 0 Å². The van der Waals surface area contributed by atoms with Crippen LogP contribution in [-0.2, 0) is 0 Å². The van der Waals surface area contributed by atoms with Crippen LogP contribution in [-0.4, -0.2) is 4.57 Å². The van der Waals surface area contributed by atoms with Crippen molar-refractivity contribution in [1.82, 2.24) is 4.57 Å². The maximum absolute atomic E-state index is 6.82. The molecular weight excluding hydrogens is 835 g/mol. The zero-order valence-electron chi connectivity index (χ0n) is 37.8. The smallest absolute Gasteiger partial charge is 0.143 e. The normalized spacial score (nSPS) is 12.0. The molecule has 0 aliphatic carbocycles. The lowest BCUT2D eigenvalue weighted by molar-refractivity contribution is 0.670. The topological polar surface area (TPSA) is 18.1 Å². The van der Waals surface area contributed by atoms with Crippen LogP contribution in [0.25, 0.3) is 105 Å². The number of furan rings is 1. The van der Waals surface area contributed by atoms with Gasteiger partial charge in [0, 0.05) is 38.7 Å². The molecule has 0 spiro atoms. The largest absolute Gasteiger partial charge is 0.455 e. The van der Waals surface area contributed by atoms with Crippen molar-refractivity contribution < 1.29 is 4.42 Å². The third kappa shape index (κ3) is 7.22. The second-order valence-corrected chi connectivity index (χ2v) is 18.0. The average Bonchev–Trinajstić information content (AvgIpc) is 3.98. The molecule has 0 N–H and O–H groups in total. The number of hydrogen-bond acceptors (Lipinski definition) is 1. The number of aromatic nitrogens is 1. The van der Waals surface area contributed by atoms with E-state index in [0.29, 0.717) is 0 Å². The number of nitrogens with zero attached hydrogens (tertiary/aromatic N) is 1. The van der Waals surface area contributed by atoms with Crippen LogP contribution < -0.4 is 0 Å². The first kappa shape index (κ1) is 40.3. The van der Waals surface area contributed by atoms with Crippen LogP contribution >= 0.6 is 0 Å². The Morgan fingerprint density at radius 1 is 0.290 bits per heavy atom. The van der Waals surface area contributed by atoms with Gasteiger partial charge in [-0.25, -0.2) is 0 Å². The zero-order chi connectivity index (χ0) is 45.7. The van der Waals surface area contributed by atoms with E-state index in [-0.39, 0.29) is 5.92 Å². The quantitative estimate of drug-likeness (QED) is 0.132. The molecule has 2 aromatic heterocycles. The molecule has 2 heterocycles. The van der Waals surface area contributed by atoms with Gasteiger partial charge in [0.2, 0.25) is 0 Å². The van der Waals surface area contributed by atoms with Gasteiger partial charge in [-0.3, -0.25) is 0 Å². The molecule has 0 saturated heterocycles. The van der Waals surface area contributed by atoms with E-state index in [1.807, 2.05) is 0 Å². The summed E-state index contributed by atoms with van der Waals surface area (Å²) in [5.74, 6) is 0.0824. The molecular formula is C67H45NO. The lowest BCUT2D eigenvalue weighted by Crippen LogP contribution is -2.03. The molecule has 13 aromatic rings. The van der Waals surface area contributed by atoms with Crippen LogP contribution in [0.1, 0.15) is 22.6 Å². The zero-order valence-corrected chi connectivity index (χ0v) is 37.8. The fourth-order valence-electron chi connectivity index (χ4n) is 10.6. The molecule has 0 aliphatic heterocycles. The van der Waals surface area contributed by atoms with Crippen LogP contribution in [0.4, 0.5) is 0 Å². The fraction of sp³-hybridized carbons (Fsp3) is 0.0149. The molecule has 1 unspecified atom stereocenters. The fourth-order valence-corrected chi connectivity index (χ4v) is 10.6. The van der Waals surface area contributed by atoms with E-state index < -0.39 is 0 Å². The van der Waals surface area contributed by atoms with E-state index in [1.54, 1.807) is 0 Å². The van der Waals surface area contributed by atoms with Crippen molar-refractivity contribution in [2.45, 2.75) is 5.92 Å². The monoisotopic (exact) mass is 879 g/mol. The van der Waals surface area contributed by atoms with Gasteiger partial charge in [0.1, 0.15) is 11.2 Å². The van der Waals surface area contributed by atoms with Gasteiger partial charge >= 0.3 is 0 Å². The van der Waals surface area contributed by atoms with Crippen LogP contribution in [0.5, 0.6) is 0 Å². The molecule has 13 rings (SSSR count). The van der Waals surface area contributed by atoms with Gasteiger partial charge in [-0.1, -0.05) is 231 Å². The summed E-state index contributed by atoms with van der Waals surface area (Å²) in [7, 11) is 0. The van der Waals surface area contributed by atoms with Gasteiger partial charge in [0.05, 0.1) is 11.0 Å². The van der Waals surface area contributed by atoms with Crippen molar-refractivity contribution >= 4 is 43.7 Å². The predicted molar refractivity (Wildman–Crippen MR) is 289 cm³/mol. The number of rotatable bonds is 9.